The molecule has 2 atom stereocenters. The van der Waals surface area contributed by atoms with Gasteiger partial charge in [0, 0.05) is 11.0 Å². The van der Waals surface area contributed by atoms with Crippen molar-refractivity contribution in [3.8, 4) is 5.75 Å². The Bertz CT molecular complexity index is 952. The van der Waals surface area contributed by atoms with E-state index in [2.05, 4.69) is 92.4 Å². The predicted molar refractivity (Wildman–Crippen MR) is 112 cm³/mol. The molecule has 0 radical (unpaired) electrons. The van der Waals surface area contributed by atoms with Crippen LogP contribution in [0.25, 0.3) is 5.57 Å². The van der Waals surface area contributed by atoms with Gasteiger partial charge in [-0.05, 0) is 40.3 Å². The molecular weight excluding hydrogens is 328 g/mol. The zero-order valence-corrected chi connectivity index (χ0v) is 16.1. The van der Waals surface area contributed by atoms with Gasteiger partial charge in [-0.15, -0.1) is 5.73 Å². The fourth-order valence-electron chi connectivity index (χ4n) is 3.86. The van der Waals surface area contributed by atoms with Crippen molar-refractivity contribution in [3.63, 3.8) is 0 Å². The molecule has 0 bridgehead atoms. The monoisotopic (exact) mass is 352 g/mol. The van der Waals surface area contributed by atoms with Gasteiger partial charge in [-0.3, -0.25) is 0 Å². The second-order valence-corrected chi connectivity index (χ2v) is 7.30. The van der Waals surface area contributed by atoms with Crippen molar-refractivity contribution in [1.82, 2.24) is 0 Å². The molecule has 1 aliphatic rings. The van der Waals surface area contributed by atoms with E-state index in [1.54, 1.807) is 7.11 Å². The van der Waals surface area contributed by atoms with Crippen LogP contribution in [0.1, 0.15) is 30.5 Å². The van der Waals surface area contributed by atoms with Gasteiger partial charge in [-0.2, -0.15) is 0 Å². The fraction of sp³-hybridized carbons (Fsp3) is 0.192. The fourth-order valence-corrected chi connectivity index (χ4v) is 3.86. The Hall–Kier alpha value is -3.02. The molecule has 0 spiro atoms. The standard InChI is InChI=1S/C26H24O/c1-19-25(26(19,2)22-14-16-23(27-3)17-15-22)18-24(20-10-6-4-7-11-20)21-12-8-5-9-13-21/h4-17,19H,1-3H3/t19-,26-/m1/s1. The van der Waals surface area contributed by atoms with E-state index < -0.39 is 0 Å². The maximum Gasteiger partial charge on any atom is 0.118 e. The predicted octanol–water partition coefficient (Wildman–Crippen LogP) is 6.26. The third kappa shape index (κ3) is 3.12. The molecule has 0 heterocycles. The van der Waals surface area contributed by atoms with E-state index in [0.717, 1.165) is 11.3 Å². The Morgan fingerprint density at radius 2 is 1.33 bits per heavy atom. The normalized spacial score (nSPS) is 20.7. The summed E-state index contributed by atoms with van der Waals surface area (Å²) in [5, 5.41) is 0. The highest BCUT2D eigenvalue weighted by Gasteiger charge is 2.54. The zero-order valence-electron chi connectivity index (χ0n) is 16.1. The number of hydrogen-bond donors (Lipinski definition) is 0. The smallest absolute Gasteiger partial charge is 0.118 e. The van der Waals surface area contributed by atoms with Crippen molar-refractivity contribution in [1.29, 1.82) is 0 Å². The quantitative estimate of drug-likeness (QED) is 0.504. The van der Waals surface area contributed by atoms with Gasteiger partial charge in [-0.25, -0.2) is 0 Å². The van der Waals surface area contributed by atoms with E-state index in [-0.39, 0.29) is 5.41 Å². The molecule has 27 heavy (non-hydrogen) atoms. The van der Waals surface area contributed by atoms with Crippen LogP contribution >= 0.6 is 0 Å². The first-order chi connectivity index (χ1) is 13.1. The van der Waals surface area contributed by atoms with E-state index in [9.17, 15) is 0 Å². The van der Waals surface area contributed by atoms with E-state index in [0.29, 0.717) is 5.92 Å². The molecule has 1 heteroatoms. The molecule has 1 fully saturated rings. The molecular formula is C26H24O. The zero-order chi connectivity index (χ0) is 18.9. The van der Waals surface area contributed by atoms with Crippen LogP contribution in [0.4, 0.5) is 0 Å². The minimum absolute atomic E-state index is 0.0289. The summed E-state index contributed by atoms with van der Waals surface area (Å²) >= 11 is 0. The number of rotatable bonds is 4. The van der Waals surface area contributed by atoms with Crippen LogP contribution in [0.3, 0.4) is 0 Å². The number of hydrogen-bond acceptors (Lipinski definition) is 1. The second kappa shape index (κ2) is 6.95. The van der Waals surface area contributed by atoms with Crippen LogP contribution in [-0.2, 0) is 5.41 Å². The molecule has 0 saturated heterocycles. The first-order valence-corrected chi connectivity index (χ1v) is 9.41. The highest BCUT2D eigenvalue weighted by Crippen LogP contribution is 2.59. The average Bonchev–Trinajstić information content (AvgIpc) is 3.27. The highest BCUT2D eigenvalue weighted by atomic mass is 16.5. The van der Waals surface area contributed by atoms with E-state index in [4.69, 9.17) is 4.74 Å². The summed E-state index contributed by atoms with van der Waals surface area (Å²) in [4.78, 5) is 0. The Morgan fingerprint density at radius 3 is 1.81 bits per heavy atom. The average molecular weight is 352 g/mol. The molecule has 0 amide bonds. The Labute approximate surface area is 161 Å². The third-order valence-corrected chi connectivity index (χ3v) is 5.85. The van der Waals surface area contributed by atoms with Crippen LogP contribution in [0.15, 0.2) is 96.2 Å². The molecule has 3 aromatic rings. The maximum atomic E-state index is 5.31. The van der Waals surface area contributed by atoms with Gasteiger partial charge in [-0.1, -0.05) is 86.6 Å². The van der Waals surface area contributed by atoms with Crippen molar-refractivity contribution in [2.45, 2.75) is 19.3 Å². The number of methoxy groups -OCH3 is 1. The van der Waals surface area contributed by atoms with Gasteiger partial charge < -0.3 is 4.74 Å². The van der Waals surface area contributed by atoms with Crippen LogP contribution in [0, 0.1) is 5.92 Å². The third-order valence-electron chi connectivity index (χ3n) is 5.85. The summed E-state index contributed by atoms with van der Waals surface area (Å²) in [6.07, 6.45) is 0. The Kier molecular flexibility index (Phi) is 4.48. The molecule has 0 aromatic heterocycles. The molecule has 0 aliphatic heterocycles. The van der Waals surface area contributed by atoms with Gasteiger partial charge >= 0.3 is 0 Å². The first-order valence-electron chi connectivity index (χ1n) is 9.41. The van der Waals surface area contributed by atoms with Crippen LogP contribution < -0.4 is 4.74 Å². The van der Waals surface area contributed by atoms with E-state index >= 15 is 0 Å². The number of ether oxygens (including phenoxy) is 1. The van der Waals surface area contributed by atoms with E-state index in [1.165, 1.54) is 22.3 Å². The van der Waals surface area contributed by atoms with Crippen molar-refractivity contribution < 1.29 is 4.74 Å². The molecule has 4 rings (SSSR count). The van der Waals surface area contributed by atoms with Gasteiger partial charge in [0.15, 0.2) is 0 Å². The van der Waals surface area contributed by atoms with Crippen LogP contribution in [-0.4, -0.2) is 7.11 Å². The van der Waals surface area contributed by atoms with Gasteiger partial charge in [0.25, 0.3) is 0 Å². The lowest BCUT2D eigenvalue weighted by molar-refractivity contribution is 0.414. The molecule has 1 nitrogen and oxygen atoms in total. The topological polar surface area (TPSA) is 9.23 Å². The Balaban J connectivity index is 1.85. The van der Waals surface area contributed by atoms with Crippen LogP contribution in [0.2, 0.25) is 0 Å². The lowest BCUT2D eigenvalue weighted by atomic mass is 9.94. The Morgan fingerprint density at radius 1 is 0.815 bits per heavy atom. The van der Waals surface area contributed by atoms with Crippen LogP contribution in [0.5, 0.6) is 5.75 Å². The summed E-state index contributed by atoms with van der Waals surface area (Å²) in [7, 11) is 1.70. The lowest BCUT2D eigenvalue weighted by Gasteiger charge is -2.10. The van der Waals surface area contributed by atoms with Crippen molar-refractivity contribution in [3.05, 3.63) is 113 Å². The SMILES string of the molecule is COc1ccc([C@]2(C)C(=C=C(c3ccccc3)c3ccccc3)[C@H]2C)cc1. The second-order valence-electron chi connectivity index (χ2n) is 7.30. The lowest BCUT2D eigenvalue weighted by Crippen LogP contribution is -2.03. The summed E-state index contributed by atoms with van der Waals surface area (Å²) in [6, 6.07) is 29.5. The van der Waals surface area contributed by atoms with Crippen molar-refractivity contribution in [2.24, 2.45) is 5.92 Å². The highest BCUT2D eigenvalue weighted by molar-refractivity contribution is 5.80. The molecule has 0 N–H and O–H groups in total. The number of allylic oxidation sites excluding steroid dienone is 1. The van der Waals surface area contributed by atoms with Crippen molar-refractivity contribution >= 4 is 5.57 Å². The van der Waals surface area contributed by atoms with Crippen molar-refractivity contribution in [2.75, 3.05) is 7.11 Å². The number of benzene rings is 3. The molecule has 1 saturated carbocycles. The summed E-state index contributed by atoms with van der Waals surface area (Å²) in [5.41, 5.74) is 10.1. The minimum Gasteiger partial charge on any atom is -0.497 e. The largest absolute Gasteiger partial charge is 0.497 e. The molecule has 134 valence electrons. The summed E-state index contributed by atoms with van der Waals surface area (Å²) in [5.74, 6) is 1.36. The summed E-state index contributed by atoms with van der Waals surface area (Å²) < 4.78 is 5.31. The molecule has 3 aromatic carbocycles. The molecule has 0 unspecified atom stereocenters. The van der Waals surface area contributed by atoms with Gasteiger partial charge in [0.05, 0.1) is 7.11 Å². The summed E-state index contributed by atoms with van der Waals surface area (Å²) in [6.45, 7) is 4.61. The first kappa shape index (κ1) is 17.4. The molecule has 1 aliphatic carbocycles. The van der Waals surface area contributed by atoms with Gasteiger partial charge in [0.1, 0.15) is 5.75 Å². The minimum atomic E-state index is 0.0289. The maximum absolute atomic E-state index is 5.31. The van der Waals surface area contributed by atoms with Gasteiger partial charge in [0.2, 0.25) is 0 Å². The van der Waals surface area contributed by atoms with E-state index in [1.807, 2.05) is 12.1 Å².